The van der Waals surface area contributed by atoms with E-state index in [4.69, 9.17) is 150 Å². The van der Waals surface area contributed by atoms with Crippen molar-refractivity contribution in [3.8, 4) is 0 Å². The van der Waals surface area contributed by atoms with E-state index in [2.05, 4.69) is 54.8 Å². The molecule has 45 nitrogen and oxygen atoms in total. The van der Waals surface area contributed by atoms with Gasteiger partial charge in [-0.25, -0.2) is 44.5 Å². The molecule has 0 spiro atoms. The van der Waals surface area contributed by atoms with Gasteiger partial charge in [0.05, 0.1) is 82.0 Å². The van der Waals surface area contributed by atoms with E-state index in [0.29, 0.717) is 28.7 Å². The number of aromatic amines is 1. The van der Waals surface area contributed by atoms with Gasteiger partial charge in [-0.2, -0.15) is 15.0 Å². The van der Waals surface area contributed by atoms with Crippen molar-refractivity contribution >= 4 is 137 Å². The van der Waals surface area contributed by atoms with Gasteiger partial charge in [0, 0.05) is 36.4 Å². The topological polar surface area (TPSA) is 605 Å². The maximum atomic E-state index is 15.4. The third-order valence-corrected chi connectivity index (χ3v) is 27.0. The maximum Gasteiger partial charge on any atom is 0.351 e. The Hall–Kier alpha value is -6.06. The molecule has 8 aliphatic heterocycles. The number of hydrogen-bond acceptors (Lipinski definition) is 43. The molecule has 8 aliphatic rings. The number of fused-ring (bicyclic) bond motifs is 9. The molecule has 8 saturated heterocycles. The molecular formula is C57H69N21O24P4S4-4. The Balaban J connectivity index is 0.653. The number of aryl methyl sites for hydroxylation is 2. The van der Waals surface area contributed by atoms with Crippen molar-refractivity contribution in [1.29, 1.82) is 0 Å². The number of nitrogens with two attached hydrogens (primary N) is 5. The molecular weight excluding hydrogens is 1610 g/mol. The lowest BCUT2D eigenvalue weighted by atomic mass is 9.94. The van der Waals surface area contributed by atoms with Gasteiger partial charge in [0.25, 0.3) is 5.56 Å². The lowest BCUT2D eigenvalue weighted by Crippen LogP contribution is -2.52. The van der Waals surface area contributed by atoms with Crippen LogP contribution in [0.2, 0.25) is 0 Å². The first-order chi connectivity index (χ1) is 52.0. The Morgan fingerprint density at radius 2 is 1.01 bits per heavy atom. The molecule has 110 heavy (non-hydrogen) atoms. The van der Waals surface area contributed by atoms with Gasteiger partial charge in [0.2, 0.25) is 5.95 Å². The van der Waals surface area contributed by atoms with Crippen LogP contribution in [0, 0.1) is 13.8 Å². The van der Waals surface area contributed by atoms with E-state index in [1.54, 1.807) is 25.3 Å². The van der Waals surface area contributed by atoms with Crippen LogP contribution in [0.15, 0.2) is 58.4 Å². The molecule has 0 radical (unpaired) electrons. The number of imidazole rings is 3. The summed E-state index contributed by atoms with van der Waals surface area (Å²) in [5.74, 6) is -0.269. The van der Waals surface area contributed by atoms with Crippen LogP contribution in [0.1, 0.15) is 89.2 Å². The van der Waals surface area contributed by atoms with Crippen molar-refractivity contribution in [3.63, 3.8) is 0 Å². The van der Waals surface area contributed by atoms with Gasteiger partial charge >= 0.3 is 11.4 Å². The molecule has 53 heteroatoms. The highest BCUT2D eigenvalue weighted by Gasteiger charge is 2.71. The van der Waals surface area contributed by atoms with Crippen molar-refractivity contribution in [2.45, 2.75) is 188 Å². The summed E-state index contributed by atoms with van der Waals surface area (Å²) in [5, 5.41) is 11.8. The van der Waals surface area contributed by atoms with Gasteiger partial charge in [0.1, 0.15) is 127 Å². The summed E-state index contributed by atoms with van der Waals surface area (Å²) in [5.41, 5.74) is 23.4. The number of H-pyrrole nitrogens is 1. The molecule has 594 valence electrons. The molecule has 16 rings (SSSR count). The summed E-state index contributed by atoms with van der Waals surface area (Å²) in [6.45, 7) is -13.1. The minimum Gasteiger partial charge on any atom is -0.780 e. The van der Waals surface area contributed by atoms with Crippen LogP contribution in [0.4, 0.5) is 29.2 Å². The van der Waals surface area contributed by atoms with Gasteiger partial charge in [-0.05, 0) is 41.0 Å². The van der Waals surface area contributed by atoms with E-state index >= 15 is 9.79 Å². The molecule has 25 atom stereocenters. The molecule has 0 aromatic carbocycles. The Morgan fingerprint density at radius 3 is 1.59 bits per heavy atom. The predicted octanol–water partition coefficient (Wildman–Crippen LogP) is -1.63. The fourth-order valence-corrected chi connectivity index (χ4v) is 21.0. The number of aromatic nitrogens is 16. The van der Waals surface area contributed by atoms with Gasteiger partial charge in [-0.15, -0.1) is 0 Å². The number of ether oxygens (including phenoxy) is 8. The van der Waals surface area contributed by atoms with Gasteiger partial charge in [-0.3, -0.25) is 37.2 Å². The van der Waals surface area contributed by atoms with E-state index < -0.39 is 198 Å². The second kappa shape index (κ2) is 28.4. The number of nitrogens with one attached hydrogen (secondary N) is 1. The average molecular weight is 1680 g/mol. The summed E-state index contributed by atoms with van der Waals surface area (Å²) in [6, 6.07) is 0. The van der Waals surface area contributed by atoms with Crippen LogP contribution in [-0.2, 0) is 126 Å². The number of anilines is 5. The Kier molecular flexibility index (Phi) is 20.1. The molecule has 0 aliphatic carbocycles. The van der Waals surface area contributed by atoms with Crippen LogP contribution in [0.3, 0.4) is 0 Å². The molecule has 8 fully saturated rings. The first-order valence-electron chi connectivity index (χ1n) is 33.8. The number of nitrogen functional groups attached to an aromatic ring is 5. The largest absolute Gasteiger partial charge is 0.780 e. The first kappa shape index (κ1) is 77.9. The van der Waals surface area contributed by atoms with Gasteiger partial charge < -0.3 is 135 Å². The van der Waals surface area contributed by atoms with E-state index in [-0.39, 0.29) is 64.4 Å². The minimum atomic E-state index is -5.10. The van der Waals surface area contributed by atoms with E-state index in [0.717, 1.165) is 9.13 Å². The van der Waals surface area contributed by atoms with Crippen LogP contribution >= 0.6 is 27.0 Å². The average Bonchev–Trinajstić information content (AvgIpc) is 1.56. The number of nitrogens with zero attached hydrogens (tertiary/aromatic N) is 15. The molecule has 9 unspecified atom stereocenters. The maximum absolute atomic E-state index is 15.4. The zero-order chi connectivity index (χ0) is 78.0. The van der Waals surface area contributed by atoms with E-state index in [9.17, 15) is 28.9 Å². The summed E-state index contributed by atoms with van der Waals surface area (Å²) < 4.78 is 122. The molecule has 12 N–H and O–H groups in total. The van der Waals surface area contributed by atoms with Crippen LogP contribution < -0.4 is 60.3 Å². The number of rotatable bonds is 26. The smallest absolute Gasteiger partial charge is 0.351 e. The molecule has 0 saturated carbocycles. The standard InChI is InChI=1S/C57H73N21O24P4S4/c1-7-26-27(8-31(94-26)76-18-67-32-43(60)63-16-65-45(32)76)99-103(83,107)87-12-29-28(9-30(95-29)74-10-21(2)41(58)70-53(74)81)100-104(84,108)89-14-56-24(5)92-36(50(97-56)75-11-22(3)42(59)71-54(75)82)39(56)101-106(86,110)90-15-57-25(6)93-37(51(98-57)77-19-68-33-44(61)64-17-66-46(33)77)40(57)102-105(85,109)88-13-55-23(4)91-35(38(55)79)49(96-55)78-20-69-34-47(78)72-52(62)73-48(34)80/h10-11,16-20,23-31,35-40,49-51,79H,7-9,12-15H2,1-6H3,(H,83,107)(H,84,108)(H,85,109)(H,86,110)(H2,58,70,81)(H2,59,71,82)(H2,60,63,65)(H2,61,64,66)(H3,62,72,73,80)/p-4/t23-,24-,25-,26+,27?,28?,29+,30+,31+,35-,36-,37-,38?,39?,40?,49+,50+,51+,55-,56-,57-,103?,104?,105?,106?/m0/s1. The summed E-state index contributed by atoms with van der Waals surface area (Å²) in [4.78, 5) is 129. The van der Waals surface area contributed by atoms with Crippen molar-refractivity contribution < 1.29 is 98.4 Å². The quantitative estimate of drug-likeness (QED) is 0.0236. The summed E-state index contributed by atoms with van der Waals surface area (Å²) >= 11 is 22.5. The summed E-state index contributed by atoms with van der Waals surface area (Å²) in [7, 11) is 0. The van der Waals surface area contributed by atoms with Crippen molar-refractivity contribution in [1.82, 2.24) is 77.7 Å². The molecule has 8 aromatic heterocycles. The van der Waals surface area contributed by atoms with Crippen LogP contribution in [-0.4, -0.2) is 205 Å². The van der Waals surface area contributed by atoms with Crippen molar-refractivity contribution in [2.24, 2.45) is 0 Å². The zero-order valence-electron chi connectivity index (χ0n) is 58.2. The molecule has 0 amide bonds. The Bertz CT molecular complexity index is 5380. The van der Waals surface area contributed by atoms with E-state index in [1.165, 1.54) is 67.0 Å². The Morgan fingerprint density at radius 1 is 0.564 bits per heavy atom. The highest BCUT2D eigenvalue weighted by Crippen LogP contribution is 2.62. The first-order valence-corrected chi connectivity index (χ1v) is 44.1. The minimum absolute atomic E-state index is 0.00165. The monoisotopic (exact) mass is 1680 g/mol. The van der Waals surface area contributed by atoms with E-state index in [1.807, 2.05) is 6.92 Å². The number of aliphatic hydroxyl groups excluding tert-OH is 1. The summed E-state index contributed by atoms with van der Waals surface area (Å²) in [6.07, 6.45) is -12.9. The van der Waals surface area contributed by atoms with Gasteiger partial charge in [0.15, 0.2) is 59.6 Å². The highest BCUT2D eigenvalue weighted by molar-refractivity contribution is 8.32. The second-order valence-electron chi connectivity index (χ2n) is 27.4. The fourth-order valence-electron chi connectivity index (χ4n) is 15.2. The number of aliphatic hydroxyl groups is 1. The zero-order valence-corrected chi connectivity index (χ0v) is 65.1. The molecule has 6 bridgehead atoms. The fraction of sp³-hybridized carbons (Fsp3) is 0.596. The van der Waals surface area contributed by atoms with Crippen molar-refractivity contribution in [3.05, 3.63) is 86.5 Å². The lowest BCUT2D eigenvalue weighted by molar-refractivity contribution is -0.246. The highest BCUT2D eigenvalue weighted by atomic mass is 32.7. The lowest BCUT2D eigenvalue weighted by Gasteiger charge is -2.42. The third kappa shape index (κ3) is 13.5. The molecule has 8 aromatic rings. The third-order valence-electron chi connectivity index (χ3n) is 20.9. The Labute approximate surface area is 639 Å². The normalized spacial score (nSPS) is 35.3. The number of hydrogen-bond donors (Lipinski definition) is 7. The molecule has 16 heterocycles. The SMILES string of the molecule is CC[C@H]1O[C@@H](n2cnc3c(N)ncnc32)CC1OP(=O)([S-])OC[C@H]1O[C@@H](n2cc(C)c(N)nc2=O)CC1OP([O-])(=S)OC[C@]12O[C@@H](n3cc(C)c(N)nc3=O)[C@@H](O[C@H]1C)C2OP([O-])(=S)OC[C@]12O[C@@H](n3cnc4c(N)ncnc43)[C@@H](O[C@H]1C)C2OP([O-])(=S)OC[C@]12O[C@@H](n3cnc4c(=O)[nH]c(N)nc43)[C@@H](O[C@H]1C)C2O. The second-order valence-corrected chi connectivity index (χ2v) is 38.2. The van der Waals surface area contributed by atoms with Crippen LogP contribution in [0.25, 0.3) is 33.5 Å². The van der Waals surface area contributed by atoms with Crippen LogP contribution in [0.5, 0.6) is 0 Å². The predicted molar refractivity (Wildman–Crippen MR) is 383 cm³/mol. The van der Waals surface area contributed by atoms with Gasteiger partial charge in [-0.1, -0.05) is 42.3 Å². The van der Waals surface area contributed by atoms with Crippen molar-refractivity contribution in [2.75, 3.05) is 55.1 Å².